The van der Waals surface area contributed by atoms with E-state index in [2.05, 4.69) is 9.97 Å². The monoisotopic (exact) mass is 163 g/mol. The average Bonchev–Trinajstić information content (AvgIpc) is 2.39. The fourth-order valence-corrected chi connectivity index (χ4v) is 0.721. The van der Waals surface area contributed by atoms with Crippen molar-refractivity contribution in [3.63, 3.8) is 0 Å². The third-order valence-electron chi connectivity index (χ3n) is 1.31. The van der Waals surface area contributed by atoms with Gasteiger partial charge in [-0.2, -0.15) is 0 Å². The van der Waals surface area contributed by atoms with Crippen molar-refractivity contribution in [2.24, 2.45) is 5.73 Å². The van der Waals surface area contributed by atoms with Gasteiger partial charge in [-0.25, -0.2) is 4.98 Å². The first-order valence-electron chi connectivity index (χ1n) is 3.16. The Morgan fingerprint density at radius 3 is 3.00 bits per heavy atom. The molecule has 0 spiro atoms. The van der Waals surface area contributed by atoms with Crippen molar-refractivity contribution in [2.75, 3.05) is 0 Å². The second kappa shape index (κ2) is 4.99. The van der Waals surface area contributed by atoms with Gasteiger partial charge in [0.05, 0.1) is 6.33 Å². The molecule has 0 aliphatic carbocycles. The minimum atomic E-state index is -1.00. The number of nitrogens with one attached hydrogen (secondary N) is 1. The number of nitrogens with zero attached hydrogens (tertiary/aromatic N) is 1. The number of aromatic nitrogens is 2. The molecule has 0 amide bonds. The van der Waals surface area contributed by atoms with Gasteiger partial charge in [-0.3, -0.25) is 4.79 Å². The molecule has 0 fully saturated rings. The molecule has 62 valence electrons. The van der Waals surface area contributed by atoms with E-state index < -0.39 is 12.0 Å². The number of carbonyl (C=O) groups is 1. The summed E-state index contributed by atoms with van der Waals surface area (Å²) >= 11 is 0. The van der Waals surface area contributed by atoms with E-state index in [1.54, 1.807) is 6.20 Å². The minimum Gasteiger partial charge on any atom is -1.00 e. The zero-order valence-corrected chi connectivity index (χ0v) is 6.82. The van der Waals surface area contributed by atoms with E-state index in [4.69, 9.17) is 10.8 Å². The fourth-order valence-electron chi connectivity index (χ4n) is 0.721. The van der Waals surface area contributed by atoms with E-state index in [-0.39, 0.29) is 26.7 Å². The van der Waals surface area contributed by atoms with Gasteiger partial charge in [0.1, 0.15) is 6.04 Å². The number of H-pyrrole nitrogens is 1. The number of rotatable bonds is 3. The largest absolute Gasteiger partial charge is 1.00 e. The van der Waals surface area contributed by atoms with Crippen molar-refractivity contribution in [1.29, 1.82) is 0 Å². The zero-order valence-electron chi connectivity index (χ0n) is 7.82. The molecule has 1 aromatic rings. The molecule has 5 nitrogen and oxygen atoms in total. The van der Waals surface area contributed by atoms with E-state index in [1.807, 2.05) is 0 Å². The summed E-state index contributed by atoms with van der Waals surface area (Å²) in [5.74, 6) is -1.00. The zero-order chi connectivity index (χ0) is 8.27. The molecule has 0 bridgehead atoms. The van der Waals surface area contributed by atoms with Gasteiger partial charge < -0.3 is 17.3 Å². The molecule has 1 aromatic heterocycles. The van der Waals surface area contributed by atoms with E-state index in [0.29, 0.717) is 0 Å². The number of hydrogen-bond donors (Lipinski definition) is 3. The number of hydrogen-bond acceptors (Lipinski definition) is 3. The maximum atomic E-state index is 10.3. The maximum Gasteiger partial charge on any atom is 1.00 e. The summed E-state index contributed by atoms with van der Waals surface area (Å²) < 4.78 is 0. The normalized spacial score (nSPS) is 11.8. The summed E-state index contributed by atoms with van der Waals surface area (Å²) in [6.45, 7) is 0. The Bertz CT molecular complexity index is 242. The molecule has 12 heavy (non-hydrogen) atoms. The van der Waals surface area contributed by atoms with Gasteiger partial charge in [-0.05, 0) is 0 Å². The van der Waals surface area contributed by atoms with Crippen LogP contribution < -0.4 is 24.6 Å². The van der Waals surface area contributed by atoms with Gasteiger partial charge in [0.15, 0.2) is 0 Å². The Hall–Kier alpha value is -0.763. The smallest absolute Gasteiger partial charge is 1.00 e. The second-order valence-electron chi connectivity index (χ2n) is 2.23. The Labute approximate surface area is 83.0 Å². The van der Waals surface area contributed by atoms with Crippen LogP contribution in [0, 0.1) is 0 Å². The van der Waals surface area contributed by atoms with E-state index >= 15 is 0 Å². The molecule has 0 radical (unpaired) electrons. The van der Waals surface area contributed by atoms with Crippen LogP contribution >= 0.6 is 0 Å². The molecular formula is C6H10LiN3O2. The van der Waals surface area contributed by atoms with Gasteiger partial charge in [0.2, 0.25) is 0 Å². The van der Waals surface area contributed by atoms with Gasteiger partial charge in [0.25, 0.3) is 0 Å². The summed E-state index contributed by atoms with van der Waals surface area (Å²) in [6, 6.07) is -0.851. The van der Waals surface area contributed by atoms with E-state index in [0.717, 1.165) is 5.69 Å². The predicted molar refractivity (Wildman–Crippen MR) is 39.0 cm³/mol. The number of imidazole rings is 1. The average molecular weight is 163 g/mol. The van der Waals surface area contributed by atoms with Crippen LogP contribution in [0.15, 0.2) is 12.5 Å². The molecule has 4 N–H and O–H groups in total. The number of aromatic amines is 1. The molecule has 6 heteroatoms. The molecule has 0 unspecified atom stereocenters. The SMILES string of the molecule is N[C@@H](Cc1cnc[nH]1)C(=O)O.[H-].[Li+]. The van der Waals surface area contributed by atoms with Crippen LogP contribution in [0.4, 0.5) is 0 Å². The van der Waals surface area contributed by atoms with Crippen molar-refractivity contribution < 1.29 is 30.2 Å². The number of nitrogens with two attached hydrogens (primary N) is 1. The van der Waals surface area contributed by atoms with Gasteiger partial charge >= 0.3 is 24.8 Å². The first-order chi connectivity index (χ1) is 5.20. The van der Waals surface area contributed by atoms with Gasteiger partial charge in [-0.1, -0.05) is 0 Å². The second-order valence-corrected chi connectivity index (χ2v) is 2.23. The van der Waals surface area contributed by atoms with E-state index in [9.17, 15) is 4.79 Å². The summed E-state index contributed by atoms with van der Waals surface area (Å²) in [4.78, 5) is 16.8. The van der Waals surface area contributed by atoms with Crippen LogP contribution in [0.2, 0.25) is 0 Å². The number of aliphatic carboxylic acids is 1. The molecule has 1 rings (SSSR count). The summed E-state index contributed by atoms with van der Waals surface area (Å²) in [7, 11) is 0. The van der Waals surface area contributed by atoms with Crippen LogP contribution in [0.5, 0.6) is 0 Å². The first-order valence-corrected chi connectivity index (χ1v) is 3.16. The topological polar surface area (TPSA) is 92.0 Å². The summed E-state index contributed by atoms with van der Waals surface area (Å²) in [6.07, 6.45) is 3.34. The molecule has 1 atom stereocenters. The molecule has 0 saturated carbocycles. The van der Waals surface area contributed by atoms with Crippen LogP contribution in [-0.4, -0.2) is 27.1 Å². The maximum absolute atomic E-state index is 10.3. The van der Waals surface area contributed by atoms with Gasteiger partial charge in [-0.15, -0.1) is 0 Å². The van der Waals surface area contributed by atoms with Crippen LogP contribution in [0.25, 0.3) is 0 Å². The van der Waals surface area contributed by atoms with Crippen molar-refractivity contribution in [3.05, 3.63) is 18.2 Å². The Balaban J connectivity index is 0. The number of carboxylic acid groups (broad SMARTS) is 1. The molecule has 0 aliphatic rings. The van der Waals surface area contributed by atoms with Crippen LogP contribution in [0.3, 0.4) is 0 Å². The molecule has 0 aliphatic heterocycles. The number of carboxylic acids is 1. The standard InChI is InChI=1S/C6H9N3O2.Li.H/c7-5(6(10)11)1-4-2-8-3-9-4;;/h2-3,5H,1,7H2,(H,8,9)(H,10,11);;/q;+1;-1/t5-;;/m0../s1. The van der Waals surface area contributed by atoms with Crippen LogP contribution in [0.1, 0.15) is 7.12 Å². The third-order valence-corrected chi connectivity index (χ3v) is 1.31. The van der Waals surface area contributed by atoms with Crippen molar-refractivity contribution in [2.45, 2.75) is 12.5 Å². The summed E-state index contributed by atoms with van der Waals surface area (Å²) in [5.41, 5.74) is 6.00. The third kappa shape index (κ3) is 3.09. The van der Waals surface area contributed by atoms with E-state index in [1.165, 1.54) is 6.33 Å². The minimum absolute atomic E-state index is 0. The van der Waals surface area contributed by atoms with Crippen molar-refractivity contribution >= 4 is 5.97 Å². The van der Waals surface area contributed by atoms with Crippen molar-refractivity contribution in [3.8, 4) is 0 Å². The summed E-state index contributed by atoms with van der Waals surface area (Å²) in [5, 5.41) is 8.42. The fraction of sp³-hybridized carbons (Fsp3) is 0.333. The Morgan fingerprint density at radius 2 is 2.58 bits per heavy atom. The molecule has 1 heterocycles. The quantitative estimate of drug-likeness (QED) is 0.403. The first kappa shape index (κ1) is 11.2. The Morgan fingerprint density at radius 1 is 1.92 bits per heavy atom. The molecular weight excluding hydrogens is 153 g/mol. The molecule has 0 aromatic carbocycles. The predicted octanol–water partition coefficient (Wildman–Crippen LogP) is -3.52. The van der Waals surface area contributed by atoms with Crippen LogP contribution in [-0.2, 0) is 11.2 Å². The van der Waals surface area contributed by atoms with Gasteiger partial charge in [0, 0.05) is 18.3 Å². The van der Waals surface area contributed by atoms with Crippen molar-refractivity contribution in [1.82, 2.24) is 9.97 Å². The Kier molecular flexibility index (Phi) is 4.67. The molecule has 0 saturated heterocycles.